The maximum atomic E-state index is 14.0. The molecule has 0 saturated carbocycles. The number of anilines is 1. The van der Waals surface area contributed by atoms with Crippen LogP contribution in [0.5, 0.6) is 5.75 Å². The zero-order valence-electron chi connectivity index (χ0n) is 15.5. The van der Waals surface area contributed by atoms with Crippen LogP contribution in [0.3, 0.4) is 0 Å². The van der Waals surface area contributed by atoms with E-state index in [1.165, 1.54) is 6.07 Å². The van der Waals surface area contributed by atoms with Gasteiger partial charge in [-0.2, -0.15) is 5.10 Å². The third-order valence-corrected chi connectivity index (χ3v) is 4.93. The van der Waals surface area contributed by atoms with Gasteiger partial charge in [-0.25, -0.2) is 4.39 Å². The van der Waals surface area contributed by atoms with Crippen LogP contribution in [0, 0.1) is 19.7 Å². The molecular formula is C20H16BrFN4O3. The van der Waals surface area contributed by atoms with Crippen molar-refractivity contribution in [2.24, 2.45) is 0 Å². The number of hydrogen-bond donors (Lipinski definition) is 2. The molecule has 0 spiro atoms. The Morgan fingerprint density at radius 2 is 2.10 bits per heavy atom. The first-order valence-electron chi connectivity index (χ1n) is 8.71. The van der Waals surface area contributed by atoms with Gasteiger partial charge in [0, 0.05) is 15.4 Å². The van der Waals surface area contributed by atoms with Crippen LogP contribution in [0.4, 0.5) is 10.2 Å². The normalized spacial score (nSPS) is 11.0. The Morgan fingerprint density at radius 1 is 1.28 bits per heavy atom. The molecule has 2 aromatic carbocycles. The standard InChI is InChI=1S/C20H16BrFN4O3/c1-10-18(11(2)29-26-10)20(27)23-19-15-8-14(5-6-17(15)24-25-19)28-9-12-3-4-13(21)7-16(12)22/h3-8H,9H2,1-2H3,(H2,23,24,25,27). The number of aryl methyl sites for hydroxylation is 2. The number of nitrogens with zero attached hydrogens (tertiary/aromatic N) is 2. The lowest BCUT2D eigenvalue weighted by molar-refractivity contribution is 0.102. The summed E-state index contributed by atoms with van der Waals surface area (Å²) in [5.74, 6) is 0.591. The molecule has 2 heterocycles. The summed E-state index contributed by atoms with van der Waals surface area (Å²) in [5, 5.41) is 14.2. The number of amides is 1. The van der Waals surface area contributed by atoms with E-state index >= 15 is 0 Å². The van der Waals surface area contributed by atoms with Gasteiger partial charge < -0.3 is 14.6 Å². The monoisotopic (exact) mass is 458 g/mol. The van der Waals surface area contributed by atoms with Crippen molar-refractivity contribution < 1.29 is 18.4 Å². The Bertz CT molecular complexity index is 1200. The molecule has 4 rings (SSSR count). The van der Waals surface area contributed by atoms with E-state index in [2.05, 4.69) is 36.6 Å². The molecule has 29 heavy (non-hydrogen) atoms. The zero-order chi connectivity index (χ0) is 20.5. The lowest BCUT2D eigenvalue weighted by Crippen LogP contribution is -2.14. The van der Waals surface area contributed by atoms with E-state index in [0.29, 0.717) is 44.0 Å². The van der Waals surface area contributed by atoms with Gasteiger partial charge in [0.25, 0.3) is 5.91 Å². The van der Waals surface area contributed by atoms with Gasteiger partial charge in [0.15, 0.2) is 5.82 Å². The van der Waals surface area contributed by atoms with Crippen molar-refractivity contribution in [3.63, 3.8) is 0 Å². The fraction of sp³-hybridized carbons (Fsp3) is 0.150. The molecular weight excluding hydrogens is 443 g/mol. The number of H-pyrrole nitrogens is 1. The van der Waals surface area contributed by atoms with Crippen molar-refractivity contribution in [2.75, 3.05) is 5.32 Å². The highest BCUT2D eigenvalue weighted by Crippen LogP contribution is 2.27. The molecule has 0 aliphatic carbocycles. The average Bonchev–Trinajstić information content (AvgIpc) is 3.23. The molecule has 2 aromatic heterocycles. The van der Waals surface area contributed by atoms with Crippen LogP contribution < -0.4 is 10.1 Å². The fourth-order valence-electron chi connectivity index (χ4n) is 2.96. The van der Waals surface area contributed by atoms with E-state index in [0.717, 1.165) is 5.52 Å². The van der Waals surface area contributed by atoms with Crippen LogP contribution in [0.1, 0.15) is 27.4 Å². The van der Waals surface area contributed by atoms with Crippen molar-refractivity contribution in [3.05, 3.63) is 69.3 Å². The number of carbonyl (C=O) groups excluding carboxylic acids is 1. The highest BCUT2D eigenvalue weighted by Gasteiger charge is 2.19. The van der Waals surface area contributed by atoms with Gasteiger partial charge in [0.2, 0.25) is 0 Å². The second-order valence-corrected chi connectivity index (χ2v) is 7.37. The lowest BCUT2D eigenvalue weighted by atomic mass is 10.2. The second-order valence-electron chi connectivity index (χ2n) is 6.46. The maximum Gasteiger partial charge on any atom is 0.262 e. The summed E-state index contributed by atoms with van der Waals surface area (Å²) >= 11 is 3.23. The first-order chi connectivity index (χ1) is 13.9. The summed E-state index contributed by atoms with van der Waals surface area (Å²) in [6.07, 6.45) is 0. The van der Waals surface area contributed by atoms with E-state index in [1.807, 2.05) is 0 Å². The Balaban J connectivity index is 1.55. The van der Waals surface area contributed by atoms with Crippen LogP contribution in [-0.2, 0) is 6.61 Å². The van der Waals surface area contributed by atoms with Crippen molar-refractivity contribution >= 4 is 38.6 Å². The number of fused-ring (bicyclic) bond motifs is 1. The minimum atomic E-state index is -0.363. The number of benzene rings is 2. The number of rotatable bonds is 5. The van der Waals surface area contributed by atoms with Crippen molar-refractivity contribution in [3.8, 4) is 5.75 Å². The minimum Gasteiger partial charge on any atom is -0.489 e. The largest absolute Gasteiger partial charge is 0.489 e. The van der Waals surface area contributed by atoms with E-state index in [9.17, 15) is 9.18 Å². The molecule has 0 bridgehead atoms. The number of hydrogen-bond acceptors (Lipinski definition) is 5. The van der Waals surface area contributed by atoms with Crippen molar-refractivity contribution in [1.29, 1.82) is 0 Å². The van der Waals surface area contributed by atoms with Gasteiger partial charge in [0.1, 0.15) is 29.5 Å². The van der Waals surface area contributed by atoms with Crippen molar-refractivity contribution in [2.45, 2.75) is 20.5 Å². The predicted octanol–water partition coefficient (Wildman–Crippen LogP) is 4.90. The van der Waals surface area contributed by atoms with Gasteiger partial charge >= 0.3 is 0 Å². The van der Waals surface area contributed by atoms with Gasteiger partial charge in [0.05, 0.1) is 11.2 Å². The number of aromatic amines is 1. The van der Waals surface area contributed by atoms with Crippen LogP contribution in [0.15, 0.2) is 45.4 Å². The molecule has 0 fully saturated rings. The highest BCUT2D eigenvalue weighted by molar-refractivity contribution is 9.10. The molecule has 0 unspecified atom stereocenters. The molecule has 148 valence electrons. The number of halogens is 2. The predicted molar refractivity (Wildman–Crippen MR) is 108 cm³/mol. The Morgan fingerprint density at radius 3 is 2.83 bits per heavy atom. The molecule has 4 aromatic rings. The van der Waals surface area contributed by atoms with Crippen LogP contribution in [0.2, 0.25) is 0 Å². The van der Waals surface area contributed by atoms with Gasteiger partial charge in [-0.1, -0.05) is 27.2 Å². The highest BCUT2D eigenvalue weighted by atomic mass is 79.9. The number of nitrogens with one attached hydrogen (secondary N) is 2. The van der Waals surface area contributed by atoms with E-state index < -0.39 is 0 Å². The molecule has 0 aliphatic heterocycles. The SMILES string of the molecule is Cc1noc(C)c1C(=O)Nc1n[nH]c2ccc(OCc3ccc(Br)cc3F)cc12. The number of aromatic nitrogens is 3. The van der Waals surface area contributed by atoms with Crippen molar-refractivity contribution in [1.82, 2.24) is 15.4 Å². The second kappa shape index (κ2) is 7.67. The summed E-state index contributed by atoms with van der Waals surface area (Å²) in [6.45, 7) is 3.44. The third kappa shape index (κ3) is 3.86. The number of ether oxygens (including phenoxy) is 1. The molecule has 0 atom stereocenters. The fourth-order valence-corrected chi connectivity index (χ4v) is 3.29. The first kappa shape index (κ1) is 19.1. The summed E-state index contributed by atoms with van der Waals surface area (Å²) in [4.78, 5) is 12.6. The Hall–Kier alpha value is -3.20. The van der Waals surface area contributed by atoms with Gasteiger partial charge in [-0.3, -0.25) is 9.89 Å². The first-order valence-corrected chi connectivity index (χ1v) is 9.51. The van der Waals surface area contributed by atoms with Crippen LogP contribution >= 0.6 is 15.9 Å². The molecule has 9 heteroatoms. The van der Waals surface area contributed by atoms with Crippen LogP contribution in [0.25, 0.3) is 10.9 Å². The molecule has 1 amide bonds. The van der Waals surface area contributed by atoms with E-state index in [4.69, 9.17) is 9.26 Å². The Labute approximate surface area is 173 Å². The average molecular weight is 459 g/mol. The topological polar surface area (TPSA) is 93.0 Å². The molecule has 7 nitrogen and oxygen atoms in total. The minimum absolute atomic E-state index is 0.0727. The van der Waals surface area contributed by atoms with Crippen LogP contribution in [-0.4, -0.2) is 21.3 Å². The summed E-state index contributed by atoms with van der Waals surface area (Å²) in [6, 6.07) is 10.1. The molecule has 0 radical (unpaired) electrons. The van der Waals surface area contributed by atoms with Gasteiger partial charge in [-0.15, -0.1) is 0 Å². The third-order valence-electron chi connectivity index (χ3n) is 4.44. The molecule has 2 N–H and O–H groups in total. The summed E-state index contributed by atoms with van der Waals surface area (Å²) in [5.41, 5.74) is 2.04. The van der Waals surface area contributed by atoms with E-state index in [-0.39, 0.29) is 18.3 Å². The quantitative estimate of drug-likeness (QED) is 0.443. The molecule has 0 saturated heterocycles. The zero-order valence-corrected chi connectivity index (χ0v) is 17.1. The lowest BCUT2D eigenvalue weighted by Gasteiger charge is -2.08. The smallest absolute Gasteiger partial charge is 0.262 e. The van der Waals surface area contributed by atoms with Gasteiger partial charge in [-0.05, 0) is 44.2 Å². The summed E-state index contributed by atoms with van der Waals surface area (Å²) < 4.78 is 25.4. The Kier molecular flexibility index (Phi) is 5.06. The van der Waals surface area contributed by atoms with E-state index in [1.54, 1.807) is 44.2 Å². The molecule has 0 aliphatic rings. The summed E-state index contributed by atoms with van der Waals surface area (Å²) in [7, 11) is 0. The number of carbonyl (C=O) groups is 1. The maximum absolute atomic E-state index is 14.0.